The minimum Gasteiger partial charge on any atom is -0.489 e. The smallest absolute Gasteiger partial charge is 0.343 e. The van der Waals surface area contributed by atoms with Gasteiger partial charge in [-0.2, -0.15) is 0 Å². The molecule has 0 aromatic heterocycles. The Hall–Kier alpha value is -4.01. The summed E-state index contributed by atoms with van der Waals surface area (Å²) < 4.78 is 16.3. The third kappa shape index (κ3) is 9.05. The van der Waals surface area contributed by atoms with Gasteiger partial charge in [-0.15, -0.1) is 0 Å². The number of carbonyl (C=O) groups excluding carboxylic acids is 1. The molecule has 5 heteroatoms. The SMILES string of the molecule is COC(=O)COc1ccc(OCC=C(c2ccc(C#CCN(C)C)cc2)c2ccc(C(C)(C)C)cc2)cc1C. The van der Waals surface area contributed by atoms with E-state index in [1.54, 1.807) is 6.07 Å². The molecular formula is C34H39NO4. The van der Waals surface area contributed by atoms with Crippen LogP contribution in [0, 0.1) is 18.8 Å². The second-order valence-electron chi connectivity index (χ2n) is 10.7. The number of nitrogens with zero attached hydrogens (tertiary/aromatic N) is 1. The van der Waals surface area contributed by atoms with Gasteiger partial charge in [-0.25, -0.2) is 4.79 Å². The summed E-state index contributed by atoms with van der Waals surface area (Å²) in [5.74, 6) is 7.34. The van der Waals surface area contributed by atoms with Gasteiger partial charge in [-0.1, -0.05) is 69.0 Å². The lowest BCUT2D eigenvalue weighted by Gasteiger charge is -2.19. The van der Waals surface area contributed by atoms with Crippen LogP contribution in [0.15, 0.2) is 72.8 Å². The van der Waals surface area contributed by atoms with Gasteiger partial charge >= 0.3 is 5.97 Å². The van der Waals surface area contributed by atoms with E-state index >= 15 is 0 Å². The average molecular weight is 526 g/mol. The maximum absolute atomic E-state index is 11.4. The molecule has 204 valence electrons. The van der Waals surface area contributed by atoms with Crippen molar-refractivity contribution in [3.8, 4) is 23.3 Å². The number of rotatable bonds is 9. The van der Waals surface area contributed by atoms with Crippen LogP contribution < -0.4 is 9.47 Å². The molecule has 0 spiro atoms. The fraction of sp³-hybridized carbons (Fsp3) is 0.324. The molecule has 3 rings (SSSR count). The van der Waals surface area contributed by atoms with Gasteiger partial charge < -0.3 is 14.2 Å². The number of aryl methyl sites for hydroxylation is 1. The van der Waals surface area contributed by atoms with Gasteiger partial charge in [0, 0.05) is 5.56 Å². The Morgan fingerprint density at radius 3 is 2.13 bits per heavy atom. The Kier molecular flexibility index (Phi) is 10.4. The van der Waals surface area contributed by atoms with Crippen molar-refractivity contribution in [2.45, 2.75) is 33.1 Å². The minimum absolute atomic E-state index is 0.0863. The minimum atomic E-state index is -0.420. The fourth-order valence-electron chi connectivity index (χ4n) is 3.88. The standard InChI is InChI=1S/C34H39NO4/c1-25-23-30(18-19-32(25)39-24-33(36)37-7)38-22-20-31(28-14-16-29(17-15-28)34(2,3)4)27-12-10-26(11-13-27)9-8-21-35(5)6/h10-20,23H,21-22,24H2,1-7H3. The summed E-state index contributed by atoms with van der Waals surface area (Å²) in [6.45, 7) is 9.56. The van der Waals surface area contributed by atoms with Crippen LogP contribution in [0.1, 0.15) is 48.6 Å². The first kappa shape index (κ1) is 29.5. The maximum Gasteiger partial charge on any atom is 0.343 e. The van der Waals surface area contributed by atoms with Gasteiger partial charge in [0.25, 0.3) is 0 Å². The Morgan fingerprint density at radius 1 is 0.923 bits per heavy atom. The van der Waals surface area contributed by atoms with Crippen LogP contribution >= 0.6 is 0 Å². The van der Waals surface area contributed by atoms with Crippen molar-refractivity contribution in [3.05, 3.63) is 101 Å². The van der Waals surface area contributed by atoms with Crippen LogP contribution in [0.3, 0.4) is 0 Å². The molecule has 0 aliphatic heterocycles. The molecule has 0 amide bonds. The molecule has 0 saturated heterocycles. The van der Waals surface area contributed by atoms with E-state index in [0.717, 1.165) is 40.1 Å². The van der Waals surface area contributed by atoms with Gasteiger partial charge in [0.15, 0.2) is 6.61 Å². The molecule has 0 N–H and O–H groups in total. The van der Waals surface area contributed by atoms with Gasteiger partial charge in [0.05, 0.1) is 13.7 Å². The van der Waals surface area contributed by atoms with Crippen LogP contribution in [0.25, 0.3) is 5.57 Å². The zero-order valence-electron chi connectivity index (χ0n) is 24.1. The molecule has 39 heavy (non-hydrogen) atoms. The number of carbonyl (C=O) groups is 1. The summed E-state index contributed by atoms with van der Waals surface area (Å²) in [6, 6.07) is 22.6. The van der Waals surface area contributed by atoms with Crippen LogP contribution in [-0.4, -0.2) is 51.8 Å². The summed E-state index contributed by atoms with van der Waals surface area (Å²) >= 11 is 0. The predicted molar refractivity (Wildman–Crippen MR) is 158 cm³/mol. The summed E-state index contributed by atoms with van der Waals surface area (Å²) in [6.07, 6.45) is 2.11. The molecule has 0 fully saturated rings. The highest BCUT2D eigenvalue weighted by Gasteiger charge is 2.14. The summed E-state index contributed by atoms with van der Waals surface area (Å²) in [5.41, 5.74) is 6.57. The molecule has 0 heterocycles. The molecule has 5 nitrogen and oxygen atoms in total. The van der Waals surface area contributed by atoms with Crippen molar-refractivity contribution in [2.75, 3.05) is 41.0 Å². The molecule has 3 aromatic rings. The lowest BCUT2D eigenvalue weighted by Crippen LogP contribution is -2.13. The van der Waals surface area contributed by atoms with Crippen LogP contribution in [0.5, 0.6) is 11.5 Å². The largest absolute Gasteiger partial charge is 0.489 e. The second-order valence-corrected chi connectivity index (χ2v) is 10.7. The Morgan fingerprint density at radius 2 is 1.56 bits per heavy atom. The topological polar surface area (TPSA) is 48.0 Å². The molecule has 0 saturated carbocycles. The van der Waals surface area contributed by atoms with E-state index < -0.39 is 5.97 Å². The lowest BCUT2D eigenvalue weighted by molar-refractivity contribution is -0.142. The average Bonchev–Trinajstić information content (AvgIpc) is 2.90. The van der Waals surface area contributed by atoms with Crippen molar-refractivity contribution in [3.63, 3.8) is 0 Å². The quantitative estimate of drug-likeness (QED) is 0.244. The molecule has 0 aliphatic carbocycles. The highest BCUT2D eigenvalue weighted by atomic mass is 16.6. The molecular weight excluding hydrogens is 486 g/mol. The summed E-state index contributed by atoms with van der Waals surface area (Å²) in [7, 11) is 5.36. The maximum atomic E-state index is 11.4. The van der Waals surface area contributed by atoms with E-state index in [1.165, 1.54) is 12.7 Å². The first-order valence-electron chi connectivity index (χ1n) is 13.0. The van der Waals surface area contributed by atoms with Crippen LogP contribution in [-0.2, 0) is 14.9 Å². The predicted octanol–water partition coefficient (Wildman–Crippen LogP) is 6.27. The lowest BCUT2D eigenvalue weighted by atomic mass is 9.85. The van der Waals surface area contributed by atoms with Gasteiger partial charge in [-0.3, -0.25) is 4.90 Å². The van der Waals surface area contributed by atoms with E-state index in [1.807, 2.05) is 38.1 Å². The first-order valence-corrected chi connectivity index (χ1v) is 13.0. The number of ether oxygens (including phenoxy) is 3. The van der Waals surface area contributed by atoms with Crippen LogP contribution in [0.2, 0.25) is 0 Å². The molecule has 0 aliphatic rings. The molecule has 0 atom stereocenters. The third-order valence-electron chi connectivity index (χ3n) is 6.14. The van der Waals surface area contributed by atoms with Crippen molar-refractivity contribution in [1.82, 2.24) is 4.90 Å². The number of benzene rings is 3. The number of hydrogen-bond donors (Lipinski definition) is 0. The highest BCUT2D eigenvalue weighted by Crippen LogP contribution is 2.28. The van der Waals surface area contributed by atoms with Gasteiger partial charge in [-0.05, 0) is 90.7 Å². The van der Waals surface area contributed by atoms with E-state index in [9.17, 15) is 4.79 Å². The van der Waals surface area contributed by atoms with Crippen molar-refractivity contribution in [2.24, 2.45) is 0 Å². The van der Waals surface area contributed by atoms with E-state index in [2.05, 4.69) is 92.0 Å². The Bertz CT molecular complexity index is 1340. The second kappa shape index (κ2) is 13.7. The van der Waals surface area contributed by atoms with Crippen molar-refractivity contribution < 1.29 is 19.0 Å². The zero-order valence-corrected chi connectivity index (χ0v) is 24.1. The Labute approximate surface area is 233 Å². The molecule has 0 radical (unpaired) electrons. The number of esters is 1. The summed E-state index contributed by atoms with van der Waals surface area (Å²) in [4.78, 5) is 13.4. The van der Waals surface area contributed by atoms with Gasteiger partial charge in [0.1, 0.15) is 18.1 Å². The monoisotopic (exact) mass is 525 g/mol. The highest BCUT2D eigenvalue weighted by molar-refractivity contribution is 5.80. The summed E-state index contributed by atoms with van der Waals surface area (Å²) in [5, 5.41) is 0. The van der Waals surface area contributed by atoms with Crippen molar-refractivity contribution in [1.29, 1.82) is 0 Å². The third-order valence-corrected chi connectivity index (χ3v) is 6.14. The first-order chi connectivity index (χ1) is 18.6. The Balaban J connectivity index is 1.82. The van der Waals surface area contributed by atoms with E-state index in [0.29, 0.717) is 12.4 Å². The number of hydrogen-bond acceptors (Lipinski definition) is 5. The van der Waals surface area contributed by atoms with E-state index in [4.69, 9.17) is 9.47 Å². The van der Waals surface area contributed by atoms with E-state index in [-0.39, 0.29) is 12.0 Å². The molecule has 0 unspecified atom stereocenters. The fourth-order valence-corrected chi connectivity index (χ4v) is 3.88. The molecule has 3 aromatic carbocycles. The normalized spacial score (nSPS) is 11.5. The van der Waals surface area contributed by atoms with Crippen molar-refractivity contribution >= 4 is 11.5 Å². The van der Waals surface area contributed by atoms with Crippen LogP contribution in [0.4, 0.5) is 0 Å². The molecule has 0 bridgehead atoms. The zero-order chi connectivity index (χ0) is 28.4. The van der Waals surface area contributed by atoms with Gasteiger partial charge in [0.2, 0.25) is 0 Å². The number of methoxy groups -OCH3 is 1.